The lowest BCUT2D eigenvalue weighted by Gasteiger charge is -2.12. The number of hydrogen-bond donors (Lipinski definition) is 1. The number of nitrogens with zero attached hydrogens (tertiary/aromatic N) is 6. The van der Waals surface area contributed by atoms with Crippen molar-refractivity contribution in [3.8, 4) is 10.8 Å². The molecule has 1 N–H and O–H groups in total. The molecule has 7 nitrogen and oxygen atoms in total. The van der Waals surface area contributed by atoms with E-state index in [9.17, 15) is 0 Å². The van der Waals surface area contributed by atoms with Gasteiger partial charge in [0, 0.05) is 48.1 Å². The lowest BCUT2D eigenvalue weighted by molar-refractivity contribution is 0.888. The second kappa shape index (κ2) is 6.56. The van der Waals surface area contributed by atoms with E-state index in [1.165, 1.54) is 0 Å². The molecule has 4 aromatic heterocycles. The summed E-state index contributed by atoms with van der Waals surface area (Å²) in [6.45, 7) is 4.83. The van der Waals surface area contributed by atoms with Gasteiger partial charge in [0.25, 0.3) is 0 Å². The molecule has 0 unspecified atom stereocenters. The van der Waals surface area contributed by atoms with Crippen molar-refractivity contribution in [3.05, 3.63) is 53.1 Å². The molecule has 0 radical (unpaired) electrons. The van der Waals surface area contributed by atoms with E-state index >= 15 is 0 Å². The summed E-state index contributed by atoms with van der Waals surface area (Å²) in [5.74, 6) is 1.65. The van der Waals surface area contributed by atoms with E-state index in [0.717, 1.165) is 46.4 Å². The van der Waals surface area contributed by atoms with Gasteiger partial charge in [-0.1, -0.05) is 0 Å². The predicted octanol–water partition coefficient (Wildman–Crippen LogP) is 2.91. The van der Waals surface area contributed by atoms with Crippen LogP contribution >= 0.6 is 11.3 Å². The molecule has 0 spiro atoms. The molecule has 0 fully saturated rings. The highest BCUT2D eigenvalue weighted by molar-refractivity contribution is 7.13. The van der Waals surface area contributed by atoms with Crippen LogP contribution in [0.25, 0.3) is 16.5 Å². The molecule has 4 aromatic rings. The number of nitrogens with one attached hydrogen (secondary N) is 1. The highest BCUT2D eigenvalue weighted by atomic mass is 32.1. The number of hydrogen-bond acceptors (Lipinski definition) is 7. The van der Waals surface area contributed by atoms with Crippen molar-refractivity contribution in [2.45, 2.75) is 20.3 Å². The van der Waals surface area contributed by atoms with Crippen LogP contribution < -0.4 is 5.32 Å². The monoisotopic (exact) mass is 351 g/mol. The van der Waals surface area contributed by atoms with Crippen molar-refractivity contribution < 1.29 is 0 Å². The molecule has 25 heavy (non-hydrogen) atoms. The zero-order valence-electron chi connectivity index (χ0n) is 14.0. The van der Waals surface area contributed by atoms with E-state index in [-0.39, 0.29) is 0 Å². The average molecular weight is 351 g/mol. The van der Waals surface area contributed by atoms with Crippen LogP contribution in [-0.4, -0.2) is 36.1 Å². The molecule has 0 atom stereocenters. The largest absolute Gasteiger partial charge is 0.369 e. The molecule has 0 aliphatic rings. The van der Waals surface area contributed by atoms with Crippen LogP contribution in [0.1, 0.15) is 17.0 Å². The Labute approximate surface area is 148 Å². The third-order valence-corrected chi connectivity index (χ3v) is 4.88. The first kappa shape index (κ1) is 15.6. The van der Waals surface area contributed by atoms with Gasteiger partial charge in [-0.2, -0.15) is 9.61 Å². The second-order valence-corrected chi connectivity index (χ2v) is 6.52. The van der Waals surface area contributed by atoms with Crippen molar-refractivity contribution in [1.82, 2.24) is 29.5 Å². The maximum Gasteiger partial charge on any atom is 0.188 e. The van der Waals surface area contributed by atoms with E-state index in [4.69, 9.17) is 0 Å². The average Bonchev–Trinajstić information content (AvgIpc) is 3.28. The lowest BCUT2D eigenvalue weighted by Crippen LogP contribution is -2.12. The second-order valence-electron chi connectivity index (χ2n) is 5.67. The lowest BCUT2D eigenvalue weighted by atomic mass is 10.2. The zero-order chi connectivity index (χ0) is 17.2. The Bertz CT molecular complexity index is 1010. The van der Waals surface area contributed by atoms with Crippen LogP contribution in [0.3, 0.4) is 0 Å². The number of fused-ring (bicyclic) bond motifs is 1. The quantitative estimate of drug-likeness (QED) is 0.595. The van der Waals surface area contributed by atoms with Gasteiger partial charge in [0.15, 0.2) is 16.5 Å². The van der Waals surface area contributed by atoms with Crippen molar-refractivity contribution in [3.63, 3.8) is 0 Å². The first-order chi connectivity index (χ1) is 12.2. The van der Waals surface area contributed by atoms with E-state index in [0.29, 0.717) is 5.82 Å². The minimum absolute atomic E-state index is 0.672. The molecule has 0 saturated carbocycles. The summed E-state index contributed by atoms with van der Waals surface area (Å²) in [4.78, 5) is 17.6. The Hall–Kier alpha value is -2.87. The van der Waals surface area contributed by atoms with E-state index < -0.39 is 0 Å². The fourth-order valence-corrected chi connectivity index (χ4v) is 3.39. The fourth-order valence-electron chi connectivity index (χ4n) is 2.59. The normalized spacial score (nSPS) is 11.1. The molecule has 0 aliphatic carbocycles. The molecule has 4 heterocycles. The Morgan fingerprint density at radius 1 is 1.12 bits per heavy atom. The van der Waals surface area contributed by atoms with Gasteiger partial charge in [-0.15, -0.1) is 11.3 Å². The van der Waals surface area contributed by atoms with Crippen molar-refractivity contribution in [2.24, 2.45) is 0 Å². The van der Waals surface area contributed by atoms with E-state index in [1.54, 1.807) is 36.0 Å². The summed E-state index contributed by atoms with van der Waals surface area (Å²) >= 11 is 1.57. The van der Waals surface area contributed by atoms with Crippen LogP contribution in [0, 0.1) is 13.8 Å². The van der Waals surface area contributed by atoms with Gasteiger partial charge >= 0.3 is 0 Å². The third-order valence-electron chi connectivity index (χ3n) is 4.00. The van der Waals surface area contributed by atoms with Gasteiger partial charge in [0.2, 0.25) is 0 Å². The van der Waals surface area contributed by atoms with E-state index in [1.807, 2.05) is 17.5 Å². The standard InChI is InChI=1S/C17H17N7S/c1-11-12(2)22-14-5-9-21-24(14)16(11)20-8-4-13-10-25-17(23-13)15-18-6-3-7-19-15/h3,5-7,9-10,20H,4,8H2,1-2H3. The summed E-state index contributed by atoms with van der Waals surface area (Å²) in [5, 5.41) is 10.7. The summed E-state index contributed by atoms with van der Waals surface area (Å²) < 4.78 is 1.84. The smallest absolute Gasteiger partial charge is 0.188 e. The summed E-state index contributed by atoms with van der Waals surface area (Å²) in [6, 6.07) is 3.71. The predicted molar refractivity (Wildman–Crippen MR) is 97.8 cm³/mol. The molecule has 0 saturated heterocycles. The maximum absolute atomic E-state index is 4.62. The topological polar surface area (TPSA) is 80.9 Å². The molecule has 8 heteroatoms. The Balaban J connectivity index is 1.48. The molecule has 0 aromatic carbocycles. The molecular weight excluding hydrogens is 334 g/mol. The van der Waals surface area contributed by atoms with Gasteiger partial charge < -0.3 is 5.32 Å². The number of thiazole rings is 1. The van der Waals surface area contributed by atoms with Gasteiger partial charge in [-0.05, 0) is 19.9 Å². The van der Waals surface area contributed by atoms with Crippen LogP contribution in [-0.2, 0) is 6.42 Å². The highest BCUT2D eigenvalue weighted by Crippen LogP contribution is 2.21. The summed E-state index contributed by atoms with van der Waals surface area (Å²) in [6.07, 6.45) is 6.04. The summed E-state index contributed by atoms with van der Waals surface area (Å²) in [5.41, 5.74) is 3.99. The fraction of sp³-hybridized carbons (Fsp3) is 0.235. The van der Waals surface area contributed by atoms with Crippen LogP contribution in [0.5, 0.6) is 0 Å². The Kier molecular flexibility index (Phi) is 4.10. The van der Waals surface area contributed by atoms with Gasteiger partial charge in [-0.25, -0.2) is 19.9 Å². The van der Waals surface area contributed by atoms with Crippen molar-refractivity contribution in [2.75, 3.05) is 11.9 Å². The van der Waals surface area contributed by atoms with Crippen molar-refractivity contribution in [1.29, 1.82) is 0 Å². The number of aromatic nitrogens is 6. The minimum atomic E-state index is 0.672. The molecule has 0 aliphatic heterocycles. The van der Waals surface area contributed by atoms with Crippen LogP contribution in [0.15, 0.2) is 36.1 Å². The molecule has 0 bridgehead atoms. The van der Waals surface area contributed by atoms with E-state index in [2.05, 4.69) is 42.7 Å². The van der Waals surface area contributed by atoms with Crippen molar-refractivity contribution >= 4 is 22.8 Å². The van der Waals surface area contributed by atoms with Gasteiger partial charge in [-0.3, -0.25) is 0 Å². The first-order valence-corrected chi connectivity index (χ1v) is 8.87. The van der Waals surface area contributed by atoms with Crippen LogP contribution in [0.2, 0.25) is 0 Å². The zero-order valence-corrected chi connectivity index (χ0v) is 14.8. The first-order valence-electron chi connectivity index (χ1n) is 7.99. The van der Waals surface area contributed by atoms with Gasteiger partial charge in [0.05, 0.1) is 11.9 Å². The Morgan fingerprint density at radius 2 is 1.96 bits per heavy atom. The van der Waals surface area contributed by atoms with Crippen LogP contribution in [0.4, 0.5) is 5.82 Å². The molecule has 126 valence electrons. The number of aryl methyl sites for hydroxylation is 1. The van der Waals surface area contributed by atoms with Gasteiger partial charge in [0.1, 0.15) is 5.82 Å². The molecule has 0 amide bonds. The molecule has 4 rings (SSSR count). The molecular formula is C17H17N7S. The number of rotatable bonds is 5. The highest BCUT2D eigenvalue weighted by Gasteiger charge is 2.10. The maximum atomic E-state index is 4.62. The summed E-state index contributed by atoms with van der Waals surface area (Å²) in [7, 11) is 0. The minimum Gasteiger partial charge on any atom is -0.369 e. The third kappa shape index (κ3) is 3.08. The SMILES string of the molecule is Cc1nc2ccnn2c(NCCc2csc(-c3ncccn3)n2)c1C. The Morgan fingerprint density at radius 3 is 2.80 bits per heavy atom. The number of anilines is 1.